The Morgan fingerprint density at radius 1 is 1.32 bits per heavy atom. The van der Waals surface area contributed by atoms with Crippen molar-refractivity contribution in [2.24, 2.45) is 5.92 Å². The van der Waals surface area contributed by atoms with Crippen LogP contribution in [0.1, 0.15) is 31.7 Å². The maximum Gasteiger partial charge on any atom is 0.220 e. The molecule has 1 atom stereocenters. The quantitative estimate of drug-likeness (QED) is 0.810. The lowest BCUT2D eigenvalue weighted by molar-refractivity contribution is -0.122. The molecule has 4 nitrogen and oxygen atoms in total. The Hall–Kier alpha value is -1.39. The van der Waals surface area contributed by atoms with Crippen molar-refractivity contribution in [3.05, 3.63) is 35.9 Å². The average molecular weight is 303 g/mol. The molecular weight excluding hydrogens is 274 g/mol. The van der Waals surface area contributed by atoms with Gasteiger partial charge >= 0.3 is 0 Å². The van der Waals surface area contributed by atoms with Crippen molar-refractivity contribution in [3.63, 3.8) is 0 Å². The molecule has 0 aromatic heterocycles. The summed E-state index contributed by atoms with van der Waals surface area (Å²) in [6.07, 6.45) is 2.92. The second-order valence-corrected chi connectivity index (χ2v) is 6.55. The number of piperidine rings is 1. The maximum absolute atomic E-state index is 12.1. The van der Waals surface area contributed by atoms with Gasteiger partial charge in [0.1, 0.15) is 0 Å². The lowest BCUT2D eigenvalue weighted by Crippen LogP contribution is -2.41. The van der Waals surface area contributed by atoms with Crippen LogP contribution in [0.15, 0.2) is 30.3 Å². The van der Waals surface area contributed by atoms with Gasteiger partial charge in [-0.3, -0.25) is 4.79 Å². The number of carbonyl (C=O) groups excluding carboxylic acids is 1. The Morgan fingerprint density at radius 3 is 2.68 bits per heavy atom. The highest BCUT2D eigenvalue weighted by Gasteiger charge is 2.18. The van der Waals surface area contributed by atoms with E-state index in [0.29, 0.717) is 12.3 Å². The summed E-state index contributed by atoms with van der Waals surface area (Å²) in [5.41, 5.74) is 1.30. The molecule has 2 N–H and O–H groups in total. The molecule has 122 valence electrons. The molecule has 2 rings (SSSR count). The SMILES string of the molecule is CC(CN(C)Cc1ccccc1)NC(=O)CC1CCNCC1. The third kappa shape index (κ3) is 6.16. The molecule has 0 radical (unpaired) electrons. The fourth-order valence-corrected chi connectivity index (χ4v) is 3.15. The van der Waals surface area contributed by atoms with Gasteiger partial charge in [-0.1, -0.05) is 30.3 Å². The first-order chi connectivity index (χ1) is 10.6. The first-order valence-electron chi connectivity index (χ1n) is 8.36. The van der Waals surface area contributed by atoms with E-state index in [4.69, 9.17) is 0 Å². The van der Waals surface area contributed by atoms with E-state index < -0.39 is 0 Å². The largest absolute Gasteiger partial charge is 0.352 e. The van der Waals surface area contributed by atoms with Gasteiger partial charge in [0.2, 0.25) is 5.91 Å². The van der Waals surface area contributed by atoms with Gasteiger partial charge in [-0.2, -0.15) is 0 Å². The third-order valence-corrected chi connectivity index (χ3v) is 4.22. The molecule has 1 heterocycles. The molecule has 1 aromatic carbocycles. The number of rotatable bonds is 7. The second kappa shape index (κ2) is 8.91. The van der Waals surface area contributed by atoms with E-state index in [2.05, 4.69) is 53.8 Å². The fraction of sp³-hybridized carbons (Fsp3) is 0.611. The standard InChI is InChI=1S/C18H29N3O/c1-15(13-21(2)14-17-6-4-3-5-7-17)20-18(22)12-16-8-10-19-11-9-16/h3-7,15-16,19H,8-14H2,1-2H3,(H,20,22). The van der Waals surface area contributed by atoms with Gasteiger partial charge in [0, 0.05) is 25.6 Å². The summed E-state index contributed by atoms with van der Waals surface area (Å²) in [6.45, 7) is 5.96. The Labute approximate surface area is 134 Å². The maximum atomic E-state index is 12.1. The Morgan fingerprint density at radius 2 is 2.00 bits per heavy atom. The van der Waals surface area contributed by atoms with E-state index in [1.807, 2.05) is 6.07 Å². The highest BCUT2D eigenvalue weighted by atomic mass is 16.1. The first-order valence-corrected chi connectivity index (χ1v) is 8.36. The molecule has 22 heavy (non-hydrogen) atoms. The van der Waals surface area contributed by atoms with E-state index in [9.17, 15) is 4.79 Å². The van der Waals surface area contributed by atoms with Crippen LogP contribution in [-0.2, 0) is 11.3 Å². The molecule has 0 aliphatic carbocycles. The van der Waals surface area contributed by atoms with Gasteiger partial charge in [-0.15, -0.1) is 0 Å². The van der Waals surface area contributed by atoms with Crippen molar-refractivity contribution in [1.82, 2.24) is 15.5 Å². The molecule has 1 fully saturated rings. The zero-order chi connectivity index (χ0) is 15.8. The normalized spacial score (nSPS) is 17.4. The minimum atomic E-state index is 0.183. The zero-order valence-corrected chi connectivity index (χ0v) is 13.8. The summed E-state index contributed by atoms with van der Waals surface area (Å²) >= 11 is 0. The molecule has 1 amide bonds. The molecule has 1 aliphatic rings. The lowest BCUT2D eigenvalue weighted by Gasteiger charge is -2.25. The molecule has 0 bridgehead atoms. The van der Waals surface area contributed by atoms with E-state index >= 15 is 0 Å². The lowest BCUT2D eigenvalue weighted by atomic mass is 9.94. The Bertz CT molecular complexity index is 443. The predicted octanol–water partition coefficient (Wildman–Crippen LogP) is 2.01. The van der Waals surface area contributed by atoms with Gasteiger partial charge in [0.15, 0.2) is 0 Å². The van der Waals surface area contributed by atoms with Gasteiger partial charge < -0.3 is 15.5 Å². The summed E-state index contributed by atoms with van der Waals surface area (Å²) < 4.78 is 0. The van der Waals surface area contributed by atoms with Crippen molar-refractivity contribution < 1.29 is 4.79 Å². The van der Waals surface area contributed by atoms with E-state index in [1.54, 1.807) is 0 Å². The Balaban J connectivity index is 1.67. The highest BCUT2D eigenvalue weighted by Crippen LogP contribution is 2.15. The number of hydrogen-bond acceptors (Lipinski definition) is 3. The smallest absolute Gasteiger partial charge is 0.220 e. The van der Waals surface area contributed by atoms with Crippen molar-refractivity contribution in [2.45, 2.75) is 38.8 Å². The van der Waals surface area contributed by atoms with Crippen LogP contribution >= 0.6 is 0 Å². The van der Waals surface area contributed by atoms with Crippen LogP contribution in [0.25, 0.3) is 0 Å². The van der Waals surface area contributed by atoms with Crippen LogP contribution in [0.4, 0.5) is 0 Å². The summed E-state index contributed by atoms with van der Waals surface area (Å²) in [6, 6.07) is 10.6. The summed E-state index contributed by atoms with van der Waals surface area (Å²) in [7, 11) is 2.10. The Kier molecular flexibility index (Phi) is 6.87. The topological polar surface area (TPSA) is 44.4 Å². The second-order valence-electron chi connectivity index (χ2n) is 6.55. The average Bonchev–Trinajstić information content (AvgIpc) is 2.48. The zero-order valence-electron chi connectivity index (χ0n) is 13.8. The summed E-state index contributed by atoms with van der Waals surface area (Å²) in [4.78, 5) is 14.4. The highest BCUT2D eigenvalue weighted by molar-refractivity contribution is 5.76. The van der Waals surface area contributed by atoms with Crippen LogP contribution in [0.2, 0.25) is 0 Å². The number of likely N-dealkylation sites (N-methyl/N-ethyl adjacent to an activating group) is 1. The molecule has 0 saturated carbocycles. The van der Waals surface area contributed by atoms with Gasteiger partial charge in [0.05, 0.1) is 0 Å². The number of carbonyl (C=O) groups is 1. The predicted molar refractivity (Wildman–Crippen MR) is 90.6 cm³/mol. The number of benzene rings is 1. The number of amides is 1. The minimum absolute atomic E-state index is 0.183. The van der Waals surface area contributed by atoms with Crippen LogP contribution in [0.3, 0.4) is 0 Å². The molecular formula is C18H29N3O. The van der Waals surface area contributed by atoms with Crippen molar-refractivity contribution >= 4 is 5.91 Å². The van der Waals surface area contributed by atoms with Crippen LogP contribution < -0.4 is 10.6 Å². The van der Waals surface area contributed by atoms with Crippen LogP contribution in [0.5, 0.6) is 0 Å². The van der Waals surface area contributed by atoms with Gasteiger partial charge in [-0.05, 0) is 51.4 Å². The van der Waals surface area contributed by atoms with E-state index in [1.165, 1.54) is 5.56 Å². The van der Waals surface area contributed by atoms with Crippen LogP contribution in [0, 0.1) is 5.92 Å². The van der Waals surface area contributed by atoms with Gasteiger partial charge in [0.25, 0.3) is 0 Å². The number of hydrogen-bond donors (Lipinski definition) is 2. The molecule has 4 heteroatoms. The monoisotopic (exact) mass is 303 g/mol. The number of nitrogens with one attached hydrogen (secondary N) is 2. The van der Waals surface area contributed by atoms with E-state index in [-0.39, 0.29) is 11.9 Å². The molecule has 0 spiro atoms. The summed E-state index contributed by atoms with van der Waals surface area (Å²) in [5, 5.41) is 6.48. The molecule has 1 aromatic rings. The van der Waals surface area contributed by atoms with Crippen molar-refractivity contribution in [1.29, 1.82) is 0 Å². The fourth-order valence-electron chi connectivity index (χ4n) is 3.15. The third-order valence-electron chi connectivity index (χ3n) is 4.22. The number of nitrogens with zero attached hydrogens (tertiary/aromatic N) is 1. The molecule has 1 saturated heterocycles. The summed E-state index contributed by atoms with van der Waals surface area (Å²) in [5.74, 6) is 0.753. The first kappa shape index (κ1) is 17.0. The van der Waals surface area contributed by atoms with Crippen molar-refractivity contribution in [3.8, 4) is 0 Å². The van der Waals surface area contributed by atoms with Crippen molar-refractivity contribution in [2.75, 3.05) is 26.7 Å². The minimum Gasteiger partial charge on any atom is -0.352 e. The molecule has 1 aliphatic heterocycles. The van der Waals surface area contributed by atoms with Crippen LogP contribution in [-0.4, -0.2) is 43.5 Å². The van der Waals surface area contributed by atoms with Gasteiger partial charge in [-0.25, -0.2) is 0 Å². The molecule has 1 unspecified atom stereocenters. The van der Waals surface area contributed by atoms with E-state index in [0.717, 1.165) is 39.0 Å².